The van der Waals surface area contributed by atoms with E-state index >= 15 is 0 Å². The molecule has 5 heteroatoms. The Labute approximate surface area is 89.1 Å². The highest BCUT2D eigenvalue weighted by molar-refractivity contribution is 5.75. The van der Waals surface area contributed by atoms with Crippen LogP contribution in [0.2, 0.25) is 0 Å². The summed E-state index contributed by atoms with van der Waals surface area (Å²) in [6.45, 7) is 3.74. The number of rotatable bonds is 4. The van der Waals surface area contributed by atoms with E-state index in [1.54, 1.807) is 19.4 Å². The van der Waals surface area contributed by atoms with Gasteiger partial charge < -0.3 is 11.1 Å². The predicted molar refractivity (Wildman–Crippen MR) is 57.0 cm³/mol. The smallest absolute Gasteiger partial charge is 0.219 e. The van der Waals surface area contributed by atoms with E-state index in [2.05, 4.69) is 15.3 Å². The van der Waals surface area contributed by atoms with Gasteiger partial charge in [-0.25, -0.2) is 0 Å². The molecule has 0 aliphatic rings. The second kappa shape index (κ2) is 4.35. The number of carbonyl (C=O) groups excluding carboxylic acids is 1. The first-order valence-corrected chi connectivity index (χ1v) is 4.75. The van der Waals surface area contributed by atoms with E-state index in [4.69, 9.17) is 5.73 Å². The lowest BCUT2D eigenvalue weighted by Gasteiger charge is -2.28. The molecule has 0 saturated heterocycles. The quantitative estimate of drug-likeness (QED) is 0.735. The van der Waals surface area contributed by atoms with Gasteiger partial charge >= 0.3 is 0 Å². The largest absolute Gasteiger partial charge is 0.370 e. The van der Waals surface area contributed by atoms with Crippen molar-refractivity contribution in [3.8, 4) is 0 Å². The van der Waals surface area contributed by atoms with E-state index in [9.17, 15) is 4.79 Å². The summed E-state index contributed by atoms with van der Waals surface area (Å²) in [6.07, 6.45) is 3.43. The van der Waals surface area contributed by atoms with Gasteiger partial charge in [0.05, 0.1) is 23.3 Å². The molecule has 1 aromatic rings. The molecule has 1 atom stereocenters. The van der Waals surface area contributed by atoms with Gasteiger partial charge in [0, 0.05) is 12.4 Å². The van der Waals surface area contributed by atoms with Crippen LogP contribution in [0, 0.1) is 6.92 Å². The maximum atomic E-state index is 11.0. The zero-order valence-corrected chi connectivity index (χ0v) is 9.24. The summed E-state index contributed by atoms with van der Waals surface area (Å²) in [7, 11) is 1.77. The zero-order valence-electron chi connectivity index (χ0n) is 9.24. The van der Waals surface area contributed by atoms with E-state index in [-0.39, 0.29) is 12.3 Å². The van der Waals surface area contributed by atoms with Crippen LogP contribution in [0.4, 0.5) is 0 Å². The lowest BCUT2D eigenvalue weighted by molar-refractivity contribution is -0.119. The van der Waals surface area contributed by atoms with Crippen molar-refractivity contribution < 1.29 is 4.79 Å². The number of amides is 1. The number of hydrogen-bond donors (Lipinski definition) is 2. The predicted octanol–water partition coefficient (Wildman–Crippen LogP) is 0.0950. The third-order valence-corrected chi connectivity index (χ3v) is 2.48. The maximum absolute atomic E-state index is 11.0. The third kappa shape index (κ3) is 2.50. The SMILES string of the molecule is CNC(C)(CC(N)=O)c1nccnc1C. The summed E-state index contributed by atoms with van der Waals surface area (Å²) < 4.78 is 0. The van der Waals surface area contributed by atoms with E-state index in [1.165, 1.54) is 0 Å². The van der Waals surface area contributed by atoms with Crippen molar-refractivity contribution in [3.05, 3.63) is 23.8 Å². The van der Waals surface area contributed by atoms with Gasteiger partial charge in [-0.2, -0.15) is 0 Å². The number of aryl methyl sites for hydroxylation is 1. The highest BCUT2D eigenvalue weighted by Crippen LogP contribution is 2.23. The molecule has 5 nitrogen and oxygen atoms in total. The number of nitrogens with two attached hydrogens (primary N) is 1. The summed E-state index contributed by atoms with van der Waals surface area (Å²) >= 11 is 0. The highest BCUT2D eigenvalue weighted by atomic mass is 16.1. The van der Waals surface area contributed by atoms with Gasteiger partial charge in [0.25, 0.3) is 0 Å². The fraction of sp³-hybridized carbons (Fsp3) is 0.500. The molecule has 0 fully saturated rings. The first kappa shape index (κ1) is 11.6. The van der Waals surface area contributed by atoms with Gasteiger partial charge in [-0.05, 0) is 20.9 Å². The Morgan fingerprint density at radius 1 is 1.53 bits per heavy atom. The molecule has 0 aromatic carbocycles. The highest BCUT2D eigenvalue weighted by Gasteiger charge is 2.30. The number of nitrogens with zero attached hydrogens (tertiary/aromatic N) is 2. The maximum Gasteiger partial charge on any atom is 0.219 e. The molecule has 1 heterocycles. The molecule has 0 spiro atoms. The number of aromatic nitrogens is 2. The average molecular weight is 208 g/mol. The number of nitrogens with one attached hydrogen (secondary N) is 1. The van der Waals surface area contributed by atoms with Crippen molar-refractivity contribution in [3.63, 3.8) is 0 Å². The van der Waals surface area contributed by atoms with Crippen LogP contribution in [-0.4, -0.2) is 22.9 Å². The first-order valence-electron chi connectivity index (χ1n) is 4.75. The van der Waals surface area contributed by atoms with Crippen molar-refractivity contribution >= 4 is 5.91 Å². The fourth-order valence-corrected chi connectivity index (χ4v) is 1.59. The van der Waals surface area contributed by atoms with Gasteiger partial charge in [-0.1, -0.05) is 0 Å². The second-order valence-corrected chi connectivity index (χ2v) is 3.72. The average Bonchev–Trinajstić information content (AvgIpc) is 2.17. The Morgan fingerprint density at radius 2 is 2.13 bits per heavy atom. The van der Waals surface area contributed by atoms with Crippen molar-refractivity contribution in [1.29, 1.82) is 0 Å². The van der Waals surface area contributed by atoms with Crippen LogP contribution >= 0.6 is 0 Å². The molecule has 0 bridgehead atoms. The fourth-order valence-electron chi connectivity index (χ4n) is 1.59. The number of primary amides is 1. The number of carbonyl (C=O) groups is 1. The zero-order chi connectivity index (χ0) is 11.5. The minimum atomic E-state index is -0.551. The normalized spacial score (nSPS) is 14.6. The summed E-state index contributed by atoms with van der Waals surface area (Å²) in [6, 6.07) is 0. The molecular weight excluding hydrogens is 192 g/mol. The van der Waals surface area contributed by atoms with Crippen LogP contribution < -0.4 is 11.1 Å². The van der Waals surface area contributed by atoms with E-state index in [1.807, 2.05) is 13.8 Å². The minimum absolute atomic E-state index is 0.197. The van der Waals surface area contributed by atoms with Crippen molar-refractivity contribution in [2.45, 2.75) is 25.8 Å². The van der Waals surface area contributed by atoms with Gasteiger partial charge in [-0.15, -0.1) is 0 Å². The van der Waals surface area contributed by atoms with Crippen LogP contribution in [-0.2, 0) is 10.3 Å². The van der Waals surface area contributed by atoms with Crippen LogP contribution in [0.15, 0.2) is 12.4 Å². The topological polar surface area (TPSA) is 80.9 Å². The standard InChI is InChI=1S/C10H16N4O/c1-7-9(14-5-4-13-7)10(2,12-3)6-8(11)15/h4-5,12H,6H2,1-3H3,(H2,11,15). The van der Waals surface area contributed by atoms with E-state index < -0.39 is 5.54 Å². The van der Waals surface area contributed by atoms with Gasteiger partial charge in [0.2, 0.25) is 5.91 Å². The molecule has 1 unspecified atom stereocenters. The molecule has 0 aliphatic carbocycles. The van der Waals surface area contributed by atoms with Gasteiger partial charge in [0.1, 0.15) is 0 Å². The second-order valence-electron chi connectivity index (χ2n) is 3.72. The molecule has 0 radical (unpaired) electrons. The molecule has 1 aromatic heterocycles. The van der Waals surface area contributed by atoms with E-state index in [0.717, 1.165) is 11.4 Å². The molecule has 82 valence electrons. The lowest BCUT2D eigenvalue weighted by Crippen LogP contribution is -2.42. The molecule has 0 saturated carbocycles. The molecule has 15 heavy (non-hydrogen) atoms. The van der Waals surface area contributed by atoms with Crippen LogP contribution in [0.1, 0.15) is 24.7 Å². The molecule has 3 N–H and O–H groups in total. The Kier molecular flexibility index (Phi) is 3.36. The first-order chi connectivity index (χ1) is 6.99. The van der Waals surface area contributed by atoms with Crippen LogP contribution in [0.5, 0.6) is 0 Å². The van der Waals surface area contributed by atoms with Crippen LogP contribution in [0.3, 0.4) is 0 Å². The summed E-state index contributed by atoms with van der Waals surface area (Å²) in [4.78, 5) is 19.4. The summed E-state index contributed by atoms with van der Waals surface area (Å²) in [5, 5.41) is 3.06. The third-order valence-electron chi connectivity index (χ3n) is 2.48. The molecule has 1 rings (SSSR count). The van der Waals surface area contributed by atoms with Gasteiger partial charge in [-0.3, -0.25) is 14.8 Å². The molecule has 1 amide bonds. The van der Waals surface area contributed by atoms with Crippen molar-refractivity contribution in [1.82, 2.24) is 15.3 Å². The summed E-state index contributed by atoms with van der Waals surface area (Å²) in [5.41, 5.74) is 6.22. The molecule has 0 aliphatic heterocycles. The monoisotopic (exact) mass is 208 g/mol. The Hall–Kier alpha value is -1.49. The molecular formula is C10H16N4O. The van der Waals surface area contributed by atoms with Crippen molar-refractivity contribution in [2.75, 3.05) is 7.05 Å². The van der Waals surface area contributed by atoms with Gasteiger partial charge in [0.15, 0.2) is 0 Å². The van der Waals surface area contributed by atoms with Crippen molar-refractivity contribution in [2.24, 2.45) is 5.73 Å². The number of hydrogen-bond acceptors (Lipinski definition) is 4. The Morgan fingerprint density at radius 3 is 2.60 bits per heavy atom. The van der Waals surface area contributed by atoms with Crippen LogP contribution in [0.25, 0.3) is 0 Å². The van der Waals surface area contributed by atoms with E-state index in [0.29, 0.717) is 0 Å². The lowest BCUT2D eigenvalue weighted by atomic mass is 9.92. The minimum Gasteiger partial charge on any atom is -0.370 e. The summed E-state index contributed by atoms with van der Waals surface area (Å²) in [5.74, 6) is -0.364. The Balaban J connectivity index is 3.11. The Bertz CT molecular complexity index is 366.